The Balaban J connectivity index is 1.06. The first-order valence-electron chi connectivity index (χ1n) is 11.8. The van der Waals surface area contributed by atoms with Crippen LogP contribution in [-0.4, -0.2) is 55.8 Å². The van der Waals surface area contributed by atoms with Gasteiger partial charge in [-0.05, 0) is 46.4 Å². The highest BCUT2D eigenvalue weighted by Crippen LogP contribution is 2.51. The SMILES string of the molecule is CC(C)(C)c1ccc(CN2CC3C(CNc4ccc(N5CCOCC5)nc4)C3C2)cc1. The van der Waals surface area contributed by atoms with Gasteiger partial charge in [-0.1, -0.05) is 45.0 Å². The van der Waals surface area contributed by atoms with Gasteiger partial charge in [0.1, 0.15) is 5.82 Å². The van der Waals surface area contributed by atoms with Gasteiger partial charge in [-0.2, -0.15) is 0 Å². The van der Waals surface area contributed by atoms with Gasteiger partial charge in [-0.15, -0.1) is 0 Å². The second-order valence-corrected chi connectivity index (χ2v) is 10.5. The van der Waals surface area contributed by atoms with E-state index in [0.717, 1.165) is 68.7 Å². The van der Waals surface area contributed by atoms with Crippen molar-refractivity contribution in [3.63, 3.8) is 0 Å². The van der Waals surface area contributed by atoms with E-state index in [0.29, 0.717) is 0 Å². The number of hydrogen-bond donors (Lipinski definition) is 1. The maximum atomic E-state index is 5.43. The number of rotatable bonds is 6. The summed E-state index contributed by atoms with van der Waals surface area (Å²) in [6.07, 6.45) is 1.98. The zero-order chi connectivity index (χ0) is 21.4. The van der Waals surface area contributed by atoms with Crippen molar-refractivity contribution < 1.29 is 4.74 Å². The van der Waals surface area contributed by atoms with E-state index in [4.69, 9.17) is 4.74 Å². The van der Waals surface area contributed by atoms with Gasteiger partial charge < -0.3 is 15.0 Å². The fourth-order valence-corrected chi connectivity index (χ4v) is 5.24. The first-order chi connectivity index (χ1) is 15.0. The van der Waals surface area contributed by atoms with Gasteiger partial charge in [0.25, 0.3) is 0 Å². The highest BCUT2D eigenvalue weighted by Gasteiger charge is 2.54. The predicted molar refractivity (Wildman–Crippen MR) is 127 cm³/mol. The highest BCUT2D eigenvalue weighted by atomic mass is 16.5. The number of aromatic nitrogens is 1. The summed E-state index contributed by atoms with van der Waals surface area (Å²) in [5.74, 6) is 3.60. The van der Waals surface area contributed by atoms with Crippen LogP contribution in [0.15, 0.2) is 42.6 Å². The fraction of sp³-hybridized carbons (Fsp3) is 0.577. The largest absolute Gasteiger partial charge is 0.383 e. The molecule has 1 aromatic carbocycles. The van der Waals surface area contributed by atoms with Crippen molar-refractivity contribution in [3.05, 3.63) is 53.7 Å². The Labute approximate surface area is 186 Å². The van der Waals surface area contributed by atoms with E-state index < -0.39 is 0 Å². The number of pyridine rings is 1. The molecule has 1 saturated carbocycles. The van der Waals surface area contributed by atoms with Crippen LogP contribution in [0.1, 0.15) is 31.9 Å². The van der Waals surface area contributed by atoms with Gasteiger partial charge in [0.05, 0.1) is 25.1 Å². The van der Waals surface area contributed by atoms with Crippen molar-refractivity contribution in [2.45, 2.75) is 32.7 Å². The van der Waals surface area contributed by atoms with Crippen LogP contribution in [0.5, 0.6) is 0 Å². The molecule has 1 aliphatic carbocycles. The van der Waals surface area contributed by atoms with E-state index in [1.807, 2.05) is 6.20 Å². The number of likely N-dealkylation sites (tertiary alicyclic amines) is 1. The number of benzene rings is 1. The molecule has 2 saturated heterocycles. The molecule has 166 valence electrons. The number of ether oxygens (including phenoxy) is 1. The zero-order valence-corrected chi connectivity index (χ0v) is 19.2. The summed E-state index contributed by atoms with van der Waals surface area (Å²) < 4.78 is 5.43. The standard InChI is InChI=1S/C26H36N4O/c1-26(2,3)20-6-4-19(5-7-20)16-29-17-23-22(24(23)18-29)15-27-21-8-9-25(28-14-21)30-10-12-31-13-11-30/h4-9,14,22-24,27H,10-13,15-18H2,1-3H3. The Kier molecular flexibility index (Phi) is 5.65. The summed E-state index contributed by atoms with van der Waals surface area (Å²) in [6.45, 7) is 14.9. The first-order valence-corrected chi connectivity index (χ1v) is 11.8. The summed E-state index contributed by atoms with van der Waals surface area (Å²) >= 11 is 0. The number of morpholine rings is 1. The van der Waals surface area contributed by atoms with E-state index in [-0.39, 0.29) is 5.41 Å². The van der Waals surface area contributed by atoms with Crippen LogP contribution in [0.2, 0.25) is 0 Å². The lowest BCUT2D eigenvalue weighted by atomic mass is 9.87. The predicted octanol–water partition coefficient (Wildman–Crippen LogP) is 4.01. The van der Waals surface area contributed by atoms with Crippen LogP contribution in [0.25, 0.3) is 0 Å². The van der Waals surface area contributed by atoms with Crippen molar-refractivity contribution in [3.8, 4) is 0 Å². The molecule has 5 rings (SSSR count). The topological polar surface area (TPSA) is 40.6 Å². The lowest BCUT2D eigenvalue weighted by Crippen LogP contribution is -2.36. The Morgan fingerprint density at radius 1 is 1.00 bits per heavy atom. The van der Waals surface area contributed by atoms with Crippen molar-refractivity contribution in [1.29, 1.82) is 0 Å². The zero-order valence-electron chi connectivity index (χ0n) is 19.2. The molecule has 3 fully saturated rings. The molecule has 2 aromatic rings. The molecule has 0 spiro atoms. The third kappa shape index (κ3) is 4.73. The van der Waals surface area contributed by atoms with Crippen LogP contribution in [0, 0.1) is 17.8 Å². The Bertz CT molecular complexity index is 856. The lowest BCUT2D eigenvalue weighted by molar-refractivity contribution is 0.122. The molecule has 3 aliphatic rings. The molecule has 1 aromatic heterocycles. The van der Waals surface area contributed by atoms with Gasteiger partial charge >= 0.3 is 0 Å². The highest BCUT2D eigenvalue weighted by molar-refractivity contribution is 5.49. The third-order valence-electron chi connectivity index (χ3n) is 7.30. The summed E-state index contributed by atoms with van der Waals surface area (Å²) in [4.78, 5) is 9.58. The minimum Gasteiger partial charge on any atom is -0.383 e. The molecule has 2 unspecified atom stereocenters. The van der Waals surface area contributed by atoms with Crippen LogP contribution < -0.4 is 10.2 Å². The minimum absolute atomic E-state index is 0.229. The summed E-state index contributed by atoms with van der Waals surface area (Å²) in [7, 11) is 0. The summed E-state index contributed by atoms with van der Waals surface area (Å²) in [6, 6.07) is 13.5. The molecule has 31 heavy (non-hydrogen) atoms. The van der Waals surface area contributed by atoms with Crippen molar-refractivity contribution in [2.75, 3.05) is 56.2 Å². The molecule has 5 nitrogen and oxygen atoms in total. The van der Waals surface area contributed by atoms with Crippen LogP contribution in [0.3, 0.4) is 0 Å². The van der Waals surface area contributed by atoms with E-state index >= 15 is 0 Å². The van der Waals surface area contributed by atoms with Gasteiger partial charge in [0, 0.05) is 39.3 Å². The van der Waals surface area contributed by atoms with E-state index in [2.05, 4.69) is 77.3 Å². The van der Waals surface area contributed by atoms with Crippen molar-refractivity contribution in [1.82, 2.24) is 9.88 Å². The van der Waals surface area contributed by atoms with Gasteiger partial charge in [0.2, 0.25) is 0 Å². The minimum atomic E-state index is 0.229. The Morgan fingerprint density at radius 2 is 1.71 bits per heavy atom. The van der Waals surface area contributed by atoms with E-state index in [1.165, 1.54) is 24.2 Å². The fourth-order valence-electron chi connectivity index (χ4n) is 5.24. The van der Waals surface area contributed by atoms with E-state index in [9.17, 15) is 0 Å². The van der Waals surface area contributed by atoms with Crippen molar-refractivity contribution in [2.24, 2.45) is 17.8 Å². The maximum absolute atomic E-state index is 5.43. The number of fused-ring (bicyclic) bond motifs is 1. The summed E-state index contributed by atoms with van der Waals surface area (Å²) in [5.41, 5.74) is 4.22. The molecule has 2 aliphatic heterocycles. The Morgan fingerprint density at radius 3 is 2.32 bits per heavy atom. The molecule has 0 amide bonds. The molecule has 3 heterocycles. The maximum Gasteiger partial charge on any atom is 0.128 e. The lowest BCUT2D eigenvalue weighted by Gasteiger charge is -2.27. The molecule has 0 bridgehead atoms. The van der Waals surface area contributed by atoms with Gasteiger partial charge in [-0.3, -0.25) is 4.90 Å². The molecular formula is C26H36N4O. The quantitative estimate of drug-likeness (QED) is 0.765. The number of hydrogen-bond acceptors (Lipinski definition) is 5. The molecule has 2 atom stereocenters. The monoisotopic (exact) mass is 420 g/mol. The van der Waals surface area contributed by atoms with Crippen LogP contribution in [0.4, 0.5) is 11.5 Å². The van der Waals surface area contributed by atoms with Crippen molar-refractivity contribution >= 4 is 11.5 Å². The molecule has 5 heteroatoms. The number of anilines is 2. The second-order valence-electron chi connectivity index (χ2n) is 10.5. The Hall–Kier alpha value is -2.11. The average Bonchev–Trinajstić information content (AvgIpc) is 3.23. The molecular weight excluding hydrogens is 384 g/mol. The smallest absolute Gasteiger partial charge is 0.128 e. The second kappa shape index (κ2) is 8.44. The van der Waals surface area contributed by atoms with Crippen LogP contribution in [-0.2, 0) is 16.7 Å². The number of piperidine rings is 1. The average molecular weight is 421 g/mol. The van der Waals surface area contributed by atoms with Crippen LogP contribution >= 0.6 is 0 Å². The van der Waals surface area contributed by atoms with E-state index in [1.54, 1.807) is 0 Å². The number of nitrogens with zero attached hydrogens (tertiary/aromatic N) is 3. The van der Waals surface area contributed by atoms with Gasteiger partial charge in [0.15, 0.2) is 0 Å². The first kappa shape index (κ1) is 20.8. The molecule has 1 N–H and O–H groups in total. The normalized spacial score (nSPS) is 26.0. The molecule has 0 radical (unpaired) electrons. The number of nitrogens with one attached hydrogen (secondary N) is 1. The summed E-state index contributed by atoms with van der Waals surface area (Å²) in [5, 5.41) is 3.63. The third-order valence-corrected chi connectivity index (χ3v) is 7.30. The van der Waals surface area contributed by atoms with Gasteiger partial charge in [-0.25, -0.2) is 4.98 Å².